The molecule has 0 bridgehead atoms. The Kier molecular flexibility index (Phi) is 4.82. The third kappa shape index (κ3) is 3.90. The average molecular weight is 389 g/mol. The molecule has 0 saturated carbocycles. The number of nitrogens with one attached hydrogen (secondary N) is 1. The van der Waals surface area contributed by atoms with Gasteiger partial charge in [-0.3, -0.25) is 14.2 Å². The summed E-state index contributed by atoms with van der Waals surface area (Å²) in [5.41, 5.74) is 0.820. The molecule has 27 heavy (non-hydrogen) atoms. The molecule has 2 aromatic carbocycles. The van der Waals surface area contributed by atoms with E-state index in [2.05, 4.69) is 14.6 Å². The molecule has 10 heteroatoms. The van der Waals surface area contributed by atoms with Crippen LogP contribution in [0, 0.1) is 0 Å². The van der Waals surface area contributed by atoms with Crippen molar-refractivity contribution in [3.05, 3.63) is 54.2 Å². The number of rotatable bonds is 6. The number of fused-ring (bicyclic) bond motifs is 1. The number of carboxylic acids is 1. The lowest BCUT2D eigenvalue weighted by Crippen LogP contribution is -2.14. The van der Waals surface area contributed by atoms with E-state index in [1.807, 2.05) is 0 Å². The van der Waals surface area contributed by atoms with Gasteiger partial charge in [0.2, 0.25) is 0 Å². The van der Waals surface area contributed by atoms with Gasteiger partial charge in [-0.05, 0) is 42.5 Å². The fourth-order valence-electron chi connectivity index (χ4n) is 2.44. The van der Waals surface area contributed by atoms with Gasteiger partial charge in [0.25, 0.3) is 10.0 Å². The maximum atomic E-state index is 12.5. The molecule has 0 spiro atoms. The quantitative estimate of drug-likeness (QED) is 0.614. The van der Waals surface area contributed by atoms with Crippen LogP contribution in [0.1, 0.15) is 10.4 Å². The van der Waals surface area contributed by atoms with Crippen LogP contribution in [0.5, 0.6) is 0 Å². The largest absolute Gasteiger partial charge is 0.478 e. The summed E-state index contributed by atoms with van der Waals surface area (Å²) in [4.78, 5) is 22.3. The molecule has 0 aliphatic carbocycles. The van der Waals surface area contributed by atoms with E-state index in [1.54, 1.807) is 24.4 Å². The van der Waals surface area contributed by atoms with Gasteiger partial charge in [-0.1, -0.05) is 0 Å². The van der Waals surface area contributed by atoms with Crippen molar-refractivity contribution in [2.24, 2.45) is 0 Å². The first-order valence-electron chi connectivity index (χ1n) is 7.69. The maximum absolute atomic E-state index is 12.5. The van der Waals surface area contributed by atoms with Crippen LogP contribution in [0.3, 0.4) is 0 Å². The molecule has 3 rings (SSSR count). The Morgan fingerprint density at radius 1 is 1.19 bits per heavy atom. The lowest BCUT2D eigenvalue weighted by atomic mass is 10.2. The molecule has 0 aliphatic heterocycles. The molecular weight excluding hydrogens is 374 g/mol. The van der Waals surface area contributed by atoms with Crippen LogP contribution in [-0.2, 0) is 26.1 Å². The minimum atomic E-state index is -3.91. The van der Waals surface area contributed by atoms with Gasteiger partial charge in [0.15, 0.2) is 0 Å². The van der Waals surface area contributed by atoms with Crippen LogP contribution >= 0.6 is 0 Å². The number of hydrogen-bond acceptors (Lipinski definition) is 6. The molecule has 140 valence electrons. The molecular formula is C17H15N3O6S. The van der Waals surface area contributed by atoms with Crippen LogP contribution < -0.4 is 4.72 Å². The SMILES string of the molecule is COC(=O)Cn1ncc2ccc(NS(=O)(=O)c3ccc(C(=O)O)cc3)cc21. The summed E-state index contributed by atoms with van der Waals surface area (Å²) in [6.07, 6.45) is 1.56. The monoisotopic (exact) mass is 389 g/mol. The van der Waals surface area contributed by atoms with Gasteiger partial charge >= 0.3 is 11.9 Å². The molecule has 0 fully saturated rings. The van der Waals surface area contributed by atoms with E-state index in [1.165, 1.54) is 36.1 Å². The molecule has 2 N–H and O–H groups in total. The number of esters is 1. The Labute approximate surface area is 154 Å². The van der Waals surface area contributed by atoms with Gasteiger partial charge in [-0.25, -0.2) is 13.2 Å². The smallest absolute Gasteiger partial charge is 0.335 e. The van der Waals surface area contributed by atoms with E-state index in [0.29, 0.717) is 5.52 Å². The molecule has 0 unspecified atom stereocenters. The van der Waals surface area contributed by atoms with Crippen molar-refractivity contribution in [1.82, 2.24) is 9.78 Å². The second-order valence-corrected chi connectivity index (χ2v) is 7.27. The van der Waals surface area contributed by atoms with Crippen molar-refractivity contribution in [3.8, 4) is 0 Å². The Morgan fingerprint density at radius 2 is 1.89 bits per heavy atom. The molecule has 9 nitrogen and oxygen atoms in total. The Balaban J connectivity index is 1.89. The van der Waals surface area contributed by atoms with Gasteiger partial charge in [0.1, 0.15) is 6.54 Å². The Bertz CT molecular complexity index is 1120. The summed E-state index contributed by atoms with van der Waals surface area (Å²) in [6, 6.07) is 9.64. The Morgan fingerprint density at radius 3 is 2.52 bits per heavy atom. The first-order valence-corrected chi connectivity index (χ1v) is 9.17. The van der Waals surface area contributed by atoms with E-state index in [4.69, 9.17) is 5.11 Å². The van der Waals surface area contributed by atoms with Crippen LogP contribution in [0.15, 0.2) is 53.6 Å². The highest BCUT2D eigenvalue weighted by molar-refractivity contribution is 7.92. The predicted molar refractivity (Wildman–Crippen MR) is 96.0 cm³/mol. The molecule has 0 amide bonds. The molecule has 1 heterocycles. The predicted octanol–water partition coefficient (Wildman–Crippen LogP) is 1.71. The topological polar surface area (TPSA) is 128 Å². The number of nitrogens with zero attached hydrogens (tertiary/aromatic N) is 2. The van der Waals surface area contributed by atoms with Crippen molar-refractivity contribution in [2.75, 3.05) is 11.8 Å². The van der Waals surface area contributed by atoms with Crippen LogP contribution in [-0.4, -0.2) is 42.4 Å². The summed E-state index contributed by atoms with van der Waals surface area (Å²) in [5, 5.41) is 13.7. The normalized spacial score (nSPS) is 11.3. The first kappa shape index (κ1) is 18.4. The zero-order valence-electron chi connectivity index (χ0n) is 14.1. The van der Waals surface area contributed by atoms with Crippen molar-refractivity contribution >= 4 is 38.6 Å². The fraction of sp³-hybridized carbons (Fsp3) is 0.118. The van der Waals surface area contributed by atoms with Crippen molar-refractivity contribution in [1.29, 1.82) is 0 Å². The highest BCUT2D eigenvalue weighted by atomic mass is 32.2. The van der Waals surface area contributed by atoms with Gasteiger partial charge in [0, 0.05) is 5.39 Å². The van der Waals surface area contributed by atoms with E-state index in [0.717, 1.165) is 5.39 Å². The number of hydrogen-bond donors (Lipinski definition) is 2. The zero-order valence-corrected chi connectivity index (χ0v) is 14.9. The number of carbonyl (C=O) groups is 2. The molecule has 0 radical (unpaired) electrons. The molecule has 0 aliphatic rings. The Hall–Kier alpha value is -3.40. The number of methoxy groups -OCH3 is 1. The third-order valence-electron chi connectivity index (χ3n) is 3.82. The van der Waals surface area contributed by atoms with E-state index in [-0.39, 0.29) is 22.7 Å². The lowest BCUT2D eigenvalue weighted by Gasteiger charge is -2.09. The lowest BCUT2D eigenvalue weighted by molar-refractivity contribution is -0.141. The molecule has 1 aromatic heterocycles. The number of sulfonamides is 1. The second-order valence-electron chi connectivity index (χ2n) is 5.59. The summed E-state index contributed by atoms with van der Waals surface area (Å²) in [6.45, 7) is -0.104. The minimum absolute atomic E-state index is 0.0120. The number of carboxylic acid groups (broad SMARTS) is 1. The van der Waals surface area contributed by atoms with Crippen molar-refractivity contribution in [2.45, 2.75) is 11.4 Å². The number of carbonyl (C=O) groups excluding carboxylic acids is 1. The summed E-state index contributed by atoms with van der Waals surface area (Å²) in [7, 11) is -2.65. The van der Waals surface area contributed by atoms with Gasteiger partial charge in [-0.15, -0.1) is 0 Å². The highest BCUT2D eigenvalue weighted by Crippen LogP contribution is 2.22. The van der Waals surface area contributed by atoms with Crippen LogP contribution in [0.4, 0.5) is 5.69 Å². The standard InChI is InChI=1S/C17H15N3O6S/c1-26-16(21)10-20-15-8-13(5-2-12(15)9-18-20)19-27(24,25)14-6-3-11(4-7-14)17(22)23/h2-9,19H,10H2,1H3,(H,22,23). The average Bonchev–Trinajstić information content (AvgIpc) is 3.03. The molecule has 0 atom stereocenters. The number of ether oxygens (including phenoxy) is 1. The van der Waals surface area contributed by atoms with Gasteiger partial charge in [-0.2, -0.15) is 5.10 Å². The fourth-order valence-corrected chi connectivity index (χ4v) is 3.49. The molecule has 0 saturated heterocycles. The number of aromatic carboxylic acids is 1. The van der Waals surface area contributed by atoms with Crippen molar-refractivity contribution < 1.29 is 27.9 Å². The zero-order chi connectivity index (χ0) is 19.6. The van der Waals surface area contributed by atoms with E-state index >= 15 is 0 Å². The van der Waals surface area contributed by atoms with Crippen LogP contribution in [0.2, 0.25) is 0 Å². The summed E-state index contributed by atoms with van der Waals surface area (Å²) in [5.74, 6) is -1.62. The minimum Gasteiger partial charge on any atom is -0.478 e. The van der Waals surface area contributed by atoms with E-state index < -0.39 is 22.0 Å². The van der Waals surface area contributed by atoms with Crippen LogP contribution in [0.25, 0.3) is 10.9 Å². The highest BCUT2D eigenvalue weighted by Gasteiger charge is 2.16. The maximum Gasteiger partial charge on any atom is 0.335 e. The number of benzene rings is 2. The molecule has 3 aromatic rings. The van der Waals surface area contributed by atoms with E-state index in [9.17, 15) is 18.0 Å². The second kappa shape index (κ2) is 7.08. The van der Waals surface area contributed by atoms with Crippen molar-refractivity contribution in [3.63, 3.8) is 0 Å². The van der Waals surface area contributed by atoms with Gasteiger partial charge < -0.3 is 9.84 Å². The summed E-state index contributed by atoms with van der Waals surface area (Å²) >= 11 is 0. The van der Waals surface area contributed by atoms with Gasteiger partial charge in [0.05, 0.1) is 35.0 Å². The summed E-state index contributed by atoms with van der Waals surface area (Å²) < 4.78 is 33.5. The first-order chi connectivity index (χ1) is 12.8. The number of aromatic nitrogens is 2. The third-order valence-corrected chi connectivity index (χ3v) is 5.21. The number of anilines is 1.